The monoisotopic (exact) mass is 275 g/mol. The Bertz CT molecular complexity index is 583. The number of nitrogens with one attached hydrogen (secondary N) is 2. The van der Waals surface area contributed by atoms with Gasteiger partial charge in [0.2, 0.25) is 0 Å². The molecule has 0 bridgehead atoms. The van der Waals surface area contributed by atoms with Crippen LogP contribution in [-0.2, 0) is 6.42 Å². The van der Waals surface area contributed by atoms with E-state index in [9.17, 15) is 4.79 Å². The fourth-order valence-corrected chi connectivity index (χ4v) is 3.01. The van der Waals surface area contributed by atoms with Gasteiger partial charge >= 0.3 is 0 Å². The number of nitrogens with zero attached hydrogens (tertiary/aromatic N) is 1. The Morgan fingerprint density at radius 2 is 2.42 bits per heavy atom. The number of aryl methyl sites for hydroxylation is 1. The van der Waals surface area contributed by atoms with Gasteiger partial charge < -0.3 is 5.32 Å². The van der Waals surface area contributed by atoms with Crippen LogP contribution in [-0.4, -0.2) is 22.6 Å². The molecule has 0 aliphatic heterocycles. The second-order valence-corrected chi connectivity index (χ2v) is 6.02. The lowest BCUT2D eigenvalue weighted by atomic mass is 10.2. The van der Waals surface area contributed by atoms with Crippen molar-refractivity contribution in [2.24, 2.45) is 0 Å². The number of aromatic nitrogens is 2. The van der Waals surface area contributed by atoms with Crippen molar-refractivity contribution in [1.29, 1.82) is 0 Å². The van der Waals surface area contributed by atoms with Gasteiger partial charge in [0.1, 0.15) is 5.69 Å². The molecule has 0 atom stereocenters. The summed E-state index contributed by atoms with van der Waals surface area (Å²) in [7, 11) is 0. The first kappa shape index (κ1) is 12.4. The van der Waals surface area contributed by atoms with Crippen molar-refractivity contribution in [2.75, 3.05) is 6.54 Å². The number of aromatic amines is 1. The Hall–Kier alpha value is -1.62. The van der Waals surface area contributed by atoms with Crippen molar-refractivity contribution >= 4 is 17.2 Å². The molecule has 5 heteroatoms. The molecule has 2 heterocycles. The van der Waals surface area contributed by atoms with E-state index in [-0.39, 0.29) is 5.91 Å². The van der Waals surface area contributed by atoms with Gasteiger partial charge in [0.25, 0.3) is 5.91 Å². The van der Waals surface area contributed by atoms with Gasteiger partial charge in [0, 0.05) is 23.0 Å². The summed E-state index contributed by atoms with van der Waals surface area (Å²) in [5.41, 5.74) is 2.90. The van der Waals surface area contributed by atoms with E-state index in [4.69, 9.17) is 0 Å². The Balaban J connectivity index is 1.51. The van der Waals surface area contributed by atoms with Crippen LogP contribution in [0.25, 0.3) is 0 Å². The molecule has 1 aliphatic rings. The first-order valence-electron chi connectivity index (χ1n) is 6.60. The molecule has 2 aromatic rings. The number of H-pyrrole nitrogens is 1. The fourth-order valence-electron chi connectivity index (χ4n) is 2.10. The zero-order chi connectivity index (χ0) is 13.2. The largest absolute Gasteiger partial charge is 0.350 e. The lowest BCUT2D eigenvalue weighted by molar-refractivity contribution is 0.0949. The van der Waals surface area contributed by atoms with Crippen LogP contribution in [0.5, 0.6) is 0 Å². The maximum atomic E-state index is 11.9. The second-order valence-electron chi connectivity index (χ2n) is 5.02. The Morgan fingerprint density at radius 1 is 1.58 bits per heavy atom. The highest BCUT2D eigenvalue weighted by atomic mass is 32.1. The quantitative estimate of drug-likeness (QED) is 0.881. The van der Waals surface area contributed by atoms with Crippen LogP contribution in [0, 0.1) is 6.92 Å². The summed E-state index contributed by atoms with van der Waals surface area (Å²) in [6.07, 6.45) is 3.30. The third-order valence-electron chi connectivity index (χ3n) is 3.45. The number of hydrogen-bond acceptors (Lipinski definition) is 3. The number of thiophene rings is 1. The molecule has 4 nitrogen and oxygen atoms in total. The average molecular weight is 275 g/mol. The van der Waals surface area contributed by atoms with Crippen molar-refractivity contribution < 1.29 is 4.79 Å². The molecule has 1 aliphatic carbocycles. The zero-order valence-electron chi connectivity index (χ0n) is 10.9. The molecule has 0 radical (unpaired) electrons. The van der Waals surface area contributed by atoms with E-state index in [0.29, 0.717) is 18.2 Å². The van der Waals surface area contributed by atoms with Crippen LogP contribution < -0.4 is 5.32 Å². The van der Waals surface area contributed by atoms with Crippen molar-refractivity contribution in [2.45, 2.75) is 32.1 Å². The molecule has 19 heavy (non-hydrogen) atoms. The molecule has 0 spiro atoms. The third kappa shape index (κ3) is 2.87. The highest BCUT2D eigenvalue weighted by Gasteiger charge is 2.26. The number of hydrogen-bond donors (Lipinski definition) is 2. The van der Waals surface area contributed by atoms with Crippen molar-refractivity contribution in [3.05, 3.63) is 39.3 Å². The summed E-state index contributed by atoms with van der Waals surface area (Å²) < 4.78 is 0. The minimum Gasteiger partial charge on any atom is -0.350 e. The van der Waals surface area contributed by atoms with E-state index < -0.39 is 0 Å². The zero-order valence-corrected chi connectivity index (χ0v) is 11.7. The summed E-state index contributed by atoms with van der Waals surface area (Å²) >= 11 is 1.74. The highest BCUT2D eigenvalue weighted by molar-refractivity contribution is 7.10. The Morgan fingerprint density at radius 3 is 3.11 bits per heavy atom. The smallest absolute Gasteiger partial charge is 0.271 e. The molecule has 100 valence electrons. The first-order chi connectivity index (χ1) is 9.24. The van der Waals surface area contributed by atoms with E-state index in [2.05, 4.69) is 33.9 Å². The average Bonchev–Trinajstić information content (AvgIpc) is 2.99. The molecule has 0 aromatic carbocycles. The van der Waals surface area contributed by atoms with Crippen LogP contribution >= 0.6 is 11.3 Å². The molecule has 0 saturated heterocycles. The van der Waals surface area contributed by atoms with Gasteiger partial charge in [-0.25, -0.2) is 0 Å². The maximum absolute atomic E-state index is 11.9. The van der Waals surface area contributed by atoms with Crippen molar-refractivity contribution in [1.82, 2.24) is 15.5 Å². The summed E-state index contributed by atoms with van der Waals surface area (Å²) in [6.45, 7) is 2.76. The summed E-state index contributed by atoms with van der Waals surface area (Å²) in [5.74, 6) is 0.514. The van der Waals surface area contributed by atoms with E-state index in [1.807, 2.05) is 6.07 Å². The normalized spacial score (nSPS) is 14.6. The highest BCUT2D eigenvalue weighted by Crippen LogP contribution is 2.38. The Kier molecular flexibility index (Phi) is 3.38. The molecule has 0 unspecified atom stereocenters. The van der Waals surface area contributed by atoms with Crippen LogP contribution in [0.15, 0.2) is 17.5 Å². The lowest BCUT2D eigenvalue weighted by Crippen LogP contribution is -2.25. The topological polar surface area (TPSA) is 57.8 Å². The van der Waals surface area contributed by atoms with Gasteiger partial charge in [-0.2, -0.15) is 5.10 Å². The van der Waals surface area contributed by atoms with Crippen LogP contribution in [0.3, 0.4) is 0 Å². The Labute approximate surface area is 116 Å². The van der Waals surface area contributed by atoms with E-state index in [1.54, 1.807) is 11.3 Å². The molecule has 3 rings (SSSR count). The minimum absolute atomic E-state index is 0.0858. The molecule has 2 aromatic heterocycles. The third-order valence-corrected chi connectivity index (χ3v) is 4.54. The first-order valence-corrected chi connectivity index (χ1v) is 7.48. The maximum Gasteiger partial charge on any atom is 0.271 e. The predicted octanol–water partition coefficient (Wildman–Crippen LogP) is 2.63. The van der Waals surface area contributed by atoms with Crippen LogP contribution in [0.2, 0.25) is 0 Å². The number of carbonyl (C=O) groups is 1. The fraction of sp³-hybridized carbons (Fsp3) is 0.429. The van der Waals surface area contributed by atoms with Gasteiger partial charge in [-0.1, -0.05) is 0 Å². The SMILES string of the molecule is Cc1ccsc1CCNC(=O)c1cc(C2CC2)[nH]n1. The molecule has 1 saturated carbocycles. The predicted molar refractivity (Wildman–Crippen MR) is 75.7 cm³/mol. The summed E-state index contributed by atoms with van der Waals surface area (Å²) in [5, 5.41) is 12.0. The van der Waals surface area contributed by atoms with Crippen molar-refractivity contribution in [3.8, 4) is 0 Å². The standard InChI is InChI=1S/C14H17N3OS/c1-9-5-7-19-13(9)4-6-15-14(18)12-8-11(16-17-12)10-2-3-10/h5,7-8,10H,2-4,6H2,1H3,(H,15,18)(H,16,17). The van der Waals surface area contributed by atoms with Gasteiger partial charge in [-0.3, -0.25) is 9.89 Å². The van der Waals surface area contributed by atoms with Crippen LogP contribution in [0.4, 0.5) is 0 Å². The molecule has 1 fully saturated rings. The van der Waals surface area contributed by atoms with E-state index >= 15 is 0 Å². The molecular weight excluding hydrogens is 258 g/mol. The van der Waals surface area contributed by atoms with Gasteiger partial charge in [-0.15, -0.1) is 11.3 Å². The van der Waals surface area contributed by atoms with E-state index in [0.717, 1.165) is 12.1 Å². The molecule has 1 amide bonds. The van der Waals surface area contributed by atoms with Crippen LogP contribution in [0.1, 0.15) is 45.4 Å². The van der Waals surface area contributed by atoms with Gasteiger partial charge in [-0.05, 0) is 49.3 Å². The number of carbonyl (C=O) groups excluding carboxylic acids is 1. The molecular formula is C14H17N3OS. The summed E-state index contributed by atoms with van der Waals surface area (Å²) in [4.78, 5) is 13.3. The molecule has 2 N–H and O–H groups in total. The summed E-state index contributed by atoms with van der Waals surface area (Å²) in [6, 6.07) is 3.99. The van der Waals surface area contributed by atoms with Gasteiger partial charge in [0.15, 0.2) is 0 Å². The van der Waals surface area contributed by atoms with Gasteiger partial charge in [0.05, 0.1) is 0 Å². The number of rotatable bonds is 5. The van der Waals surface area contributed by atoms with E-state index in [1.165, 1.54) is 23.3 Å². The van der Waals surface area contributed by atoms with Crippen molar-refractivity contribution in [3.63, 3.8) is 0 Å². The number of amides is 1. The minimum atomic E-state index is -0.0858. The lowest BCUT2D eigenvalue weighted by Gasteiger charge is -2.02. The second kappa shape index (κ2) is 5.17.